The van der Waals surface area contributed by atoms with Crippen LogP contribution in [0.5, 0.6) is 5.88 Å². The van der Waals surface area contributed by atoms with Gasteiger partial charge in [0.15, 0.2) is 0 Å². The number of rotatable bonds is 4. The van der Waals surface area contributed by atoms with E-state index in [2.05, 4.69) is 9.97 Å². The minimum Gasteiger partial charge on any atom is -0.472 e. The molecule has 1 unspecified atom stereocenters. The number of carbonyl (C=O) groups is 1. The number of nitrogens with two attached hydrogens (primary N) is 1. The normalized spacial score (nSPS) is 17.4. The molecule has 6 nitrogen and oxygen atoms in total. The summed E-state index contributed by atoms with van der Waals surface area (Å²) >= 11 is 6.15. The van der Waals surface area contributed by atoms with Gasteiger partial charge in [-0.3, -0.25) is 4.79 Å². The lowest BCUT2D eigenvalue weighted by Crippen LogP contribution is -2.26. The highest BCUT2D eigenvalue weighted by molar-refractivity contribution is 6.33. The molecule has 1 saturated heterocycles. The Morgan fingerprint density at radius 2 is 2.08 bits per heavy atom. The molecule has 1 aliphatic rings. The molecule has 0 saturated carbocycles. The van der Waals surface area contributed by atoms with E-state index >= 15 is 0 Å². The molecule has 3 rings (SSSR count). The van der Waals surface area contributed by atoms with Gasteiger partial charge in [-0.2, -0.15) is 13.2 Å². The summed E-state index contributed by atoms with van der Waals surface area (Å²) in [6.45, 7) is 1.03. The number of ether oxygens (including phenoxy) is 1. The SMILES string of the molecule is NC(=O)c1cnc(N2CCC(Oc3ccc(C(F)(F)F)cn3)C2)c(Cl)c1. The highest BCUT2D eigenvalue weighted by Gasteiger charge is 2.31. The molecule has 2 N–H and O–H groups in total. The van der Waals surface area contributed by atoms with Crippen molar-refractivity contribution in [1.82, 2.24) is 9.97 Å². The average molecular weight is 387 g/mol. The average Bonchev–Trinajstić information content (AvgIpc) is 3.02. The lowest BCUT2D eigenvalue weighted by molar-refractivity contribution is -0.137. The predicted octanol–water partition coefficient (Wildman–Crippen LogP) is 2.91. The molecule has 2 aromatic heterocycles. The molecule has 0 spiro atoms. The van der Waals surface area contributed by atoms with Crippen molar-refractivity contribution in [3.05, 3.63) is 46.7 Å². The van der Waals surface area contributed by atoms with Gasteiger partial charge in [-0.25, -0.2) is 9.97 Å². The minimum absolute atomic E-state index is 0.119. The van der Waals surface area contributed by atoms with E-state index in [0.717, 1.165) is 12.3 Å². The number of alkyl halides is 3. The first-order valence-electron chi connectivity index (χ1n) is 7.64. The molecule has 26 heavy (non-hydrogen) atoms. The summed E-state index contributed by atoms with van der Waals surface area (Å²) in [4.78, 5) is 20.9. The Morgan fingerprint density at radius 1 is 1.31 bits per heavy atom. The second-order valence-corrected chi connectivity index (χ2v) is 6.16. The number of pyridine rings is 2. The van der Waals surface area contributed by atoms with Gasteiger partial charge in [-0.05, 0) is 12.1 Å². The van der Waals surface area contributed by atoms with Crippen molar-refractivity contribution >= 4 is 23.3 Å². The van der Waals surface area contributed by atoms with E-state index in [0.29, 0.717) is 25.3 Å². The molecule has 1 atom stereocenters. The van der Waals surface area contributed by atoms with Crippen LogP contribution in [0.15, 0.2) is 30.6 Å². The summed E-state index contributed by atoms with van der Waals surface area (Å²) in [6, 6.07) is 3.56. The molecule has 0 radical (unpaired) electrons. The summed E-state index contributed by atoms with van der Waals surface area (Å²) in [6.07, 6.45) is -2.00. The van der Waals surface area contributed by atoms with Crippen LogP contribution in [0.4, 0.5) is 19.0 Å². The number of aromatic nitrogens is 2. The summed E-state index contributed by atoms with van der Waals surface area (Å²) in [5, 5.41) is 0.287. The maximum absolute atomic E-state index is 12.5. The highest BCUT2D eigenvalue weighted by atomic mass is 35.5. The monoisotopic (exact) mass is 386 g/mol. The first-order chi connectivity index (χ1) is 12.2. The molecular formula is C16H14ClF3N4O2. The van der Waals surface area contributed by atoms with Crippen molar-refractivity contribution in [1.29, 1.82) is 0 Å². The molecule has 1 amide bonds. The summed E-state index contributed by atoms with van der Waals surface area (Å²) < 4.78 is 43.3. The van der Waals surface area contributed by atoms with Gasteiger partial charge < -0.3 is 15.4 Å². The number of hydrogen-bond acceptors (Lipinski definition) is 5. The van der Waals surface area contributed by atoms with E-state index < -0.39 is 17.6 Å². The van der Waals surface area contributed by atoms with Gasteiger partial charge in [0.05, 0.1) is 22.7 Å². The molecule has 3 heterocycles. The van der Waals surface area contributed by atoms with E-state index in [1.807, 2.05) is 4.90 Å². The zero-order valence-corrected chi connectivity index (χ0v) is 14.1. The van der Waals surface area contributed by atoms with E-state index in [4.69, 9.17) is 22.1 Å². The zero-order chi connectivity index (χ0) is 18.9. The number of primary amides is 1. The summed E-state index contributed by atoms with van der Waals surface area (Å²) in [5.41, 5.74) is 4.56. The Labute approximate surface area is 151 Å². The van der Waals surface area contributed by atoms with E-state index in [-0.39, 0.29) is 22.6 Å². The lowest BCUT2D eigenvalue weighted by atomic mass is 10.2. The van der Waals surface area contributed by atoms with Crippen molar-refractivity contribution in [2.45, 2.75) is 18.7 Å². The van der Waals surface area contributed by atoms with Crippen LogP contribution in [0.1, 0.15) is 22.3 Å². The molecule has 0 aliphatic carbocycles. The van der Waals surface area contributed by atoms with Crippen molar-refractivity contribution in [2.75, 3.05) is 18.0 Å². The summed E-state index contributed by atoms with van der Waals surface area (Å²) in [5.74, 6) is -0.0157. The number of nitrogens with zero attached hydrogens (tertiary/aromatic N) is 3. The van der Waals surface area contributed by atoms with Gasteiger partial charge in [-0.1, -0.05) is 11.6 Å². The van der Waals surface area contributed by atoms with Crippen LogP contribution in [0, 0.1) is 0 Å². The number of carbonyl (C=O) groups excluding carboxylic acids is 1. The van der Waals surface area contributed by atoms with Gasteiger partial charge in [0.1, 0.15) is 11.9 Å². The van der Waals surface area contributed by atoms with Gasteiger partial charge in [0.25, 0.3) is 0 Å². The number of amides is 1. The van der Waals surface area contributed by atoms with Crippen molar-refractivity contribution in [3.8, 4) is 5.88 Å². The maximum atomic E-state index is 12.5. The van der Waals surface area contributed by atoms with Crippen molar-refractivity contribution < 1.29 is 22.7 Å². The van der Waals surface area contributed by atoms with Crippen LogP contribution in [-0.4, -0.2) is 35.1 Å². The third-order valence-corrected chi connectivity index (χ3v) is 4.18. The van der Waals surface area contributed by atoms with Gasteiger partial charge >= 0.3 is 6.18 Å². The molecule has 0 bridgehead atoms. The first kappa shape index (κ1) is 18.2. The zero-order valence-electron chi connectivity index (χ0n) is 13.3. The molecule has 10 heteroatoms. The van der Waals surface area contributed by atoms with Gasteiger partial charge in [0.2, 0.25) is 11.8 Å². The number of hydrogen-bond donors (Lipinski definition) is 1. The van der Waals surface area contributed by atoms with Crippen LogP contribution >= 0.6 is 11.6 Å². The molecular weight excluding hydrogens is 373 g/mol. The van der Waals surface area contributed by atoms with Crippen molar-refractivity contribution in [2.24, 2.45) is 5.73 Å². The fourth-order valence-electron chi connectivity index (χ4n) is 2.60. The number of halogens is 4. The first-order valence-corrected chi connectivity index (χ1v) is 8.02. The second kappa shape index (κ2) is 6.99. The Balaban J connectivity index is 1.65. The van der Waals surface area contributed by atoms with Crippen LogP contribution in [0.3, 0.4) is 0 Å². The molecule has 1 aliphatic heterocycles. The van der Waals surface area contributed by atoms with E-state index in [9.17, 15) is 18.0 Å². The topological polar surface area (TPSA) is 81.3 Å². The lowest BCUT2D eigenvalue weighted by Gasteiger charge is -2.19. The third kappa shape index (κ3) is 3.98. The van der Waals surface area contributed by atoms with Crippen LogP contribution in [0.2, 0.25) is 5.02 Å². The fourth-order valence-corrected chi connectivity index (χ4v) is 2.89. The Bertz CT molecular complexity index is 814. The largest absolute Gasteiger partial charge is 0.472 e. The van der Waals surface area contributed by atoms with Crippen molar-refractivity contribution in [3.63, 3.8) is 0 Å². The van der Waals surface area contributed by atoms with Gasteiger partial charge in [0, 0.05) is 31.4 Å². The van der Waals surface area contributed by atoms with Crippen LogP contribution < -0.4 is 15.4 Å². The van der Waals surface area contributed by atoms with Crippen LogP contribution in [0.25, 0.3) is 0 Å². The quantitative estimate of drug-likeness (QED) is 0.873. The maximum Gasteiger partial charge on any atom is 0.417 e. The molecule has 1 fully saturated rings. The second-order valence-electron chi connectivity index (χ2n) is 5.75. The third-order valence-electron chi connectivity index (χ3n) is 3.90. The Morgan fingerprint density at radius 3 is 2.65 bits per heavy atom. The molecule has 138 valence electrons. The van der Waals surface area contributed by atoms with Gasteiger partial charge in [-0.15, -0.1) is 0 Å². The van der Waals surface area contributed by atoms with Crippen LogP contribution in [-0.2, 0) is 6.18 Å². The Kier molecular flexibility index (Phi) is 4.90. The minimum atomic E-state index is -4.44. The standard InChI is InChI=1S/C16H14ClF3N4O2/c17-12-5-9(14(21)25)6-23-15(12)24-4-3-11(8-24)26-13-2-1-10(7-22-13)16(18,19)20/h1-2,5-7,11H,3-4,8H2,(H2,21,25). The molecule has 0 aromatic carbocycles. The van der Waals surface area contributed by atoms with E-state index in [1.165, 1.54) is 18.3 Å². The fraction of sp³-hybridized carbons (Fsp3) is 0.312. The summed E-state index contributed by atoms with van der Waals surface area (Å²) in [7, 11) is 0. The predicted molar refractivity (Wildman–Crippen MR) is 88.2 cm³/mol. The van der Waals surface area contributed by atoms with E-state index in [1.54, 1.807) is 0 Å². The highest BCUT2D eigenvalue weighted by Crippen LogP contribution is 2.31. The smallest absolute Gasteiger partial charge is 0.417 e. The Hall–Kier alpha value is -2.55. The number of anilines is 1. The molecule has 2 aromatic rings.